The SMILES string of the molecule is C1CCC2NC(CN3CCC(N4CCCC4)C3)CCC2C1. The zero-order chi connectivity index (χ0) is 14.1. The summed E-state index contributed by atoms with van der Waals surface area (Å²) in [6.07, 6.45) is 13.1. The van der Waals surface area contributed by atoms with Crippen LogP contribution in [0.5, 0.6) is 0 Å². The first-order valence-corrected chi connectivity index (χ1v) is 9.61. The maximum absolute atomic E-state index is 4.01. The van der Waals surface area contributed by atoms with Gasteiger partial charge < -0.3 is 10.2 Å². The lowest BCUT2D eigenvalue weighted by Crippen LogP contribution is -2.52. The summed E-state index contributed by atoms with van der Waals surface area (Å²) in [5.41, 5.74) is 0. The summed E-state index contributed by atoms with van der Waals surface area (Å²) in [6, 6.07) is 2.51. The van der Waals surface area contributed by atoms with E-state index in [-0.39, 0.29) is 0 Å². The van der Waals surface area contributed by atoms with Crippen LogP contribution >= 0.6 is 0 Å². The predicted octanol–water partition coefficient (Wildman–Crippen LogP) is 2.47. The van der Waals surface area contributed by atoms with Gasteiger partial charge in [0.2, 0.25) is 0 Å². The molecule has 0 radical (unpaired) electrons. The highest BCUT2D eigenvalue weighted by atomic mass is 15.3. The van der Waals surface area contributed by atoms with Crippen molar-refractivity contribution in [3.8, 4) is 0 Å². The molecule has 0 aromatic rings. The molecule has 3 nitrogen and oxygen atoms in total. The van der Waals surface area contributed by atoms with Gasteiger partial charge in [0.25, 0.3) is 0 Å². The fraction of sp³-hybridized carbons (Fsp3) is 1.00. The maximum Gasteiger partial charge on any atom is 0.0235 e. The summed E-state index contributed by atoms with van der Waals surface area (Å²) in [6.45, 7) is 6.72. The van der Waals surface area contributed by atoms with Crippen molar-refractivity contribution >= 4 is 0 Å². The molecule has 21 heavy (non-hydrogen) atoms. The second-order valence-corrected chi connectivity index (χ2v) is 8.04. The Morgan fingerprint density at radius 2 is 1.67 bits per heavy atom. The Balaban J connectivity index is 1.25. The molecule has 4 aliphatic rings. The molecule has 0 amide bonds. The van der Waals surface area contributed by atoms with E-state index in [1.165, 1.54) is 90.5 Å². The first-order valence-electron chi connectivity index (χ1n) is 9.61. The molecule has 4 unspecified atom stereocenters. The highest BCUT2D eigenvalue weighted by molar-refractivity contribution is 4.92. The number of likely N-dealkylation sites (tertiary alicyclic amines) is 2. The third kappa shape index (κ3) is 3.30. The van der Waals surface area contributed by atoms with E-state index in [0.717, 1.165) is 24.0 Å². The molecule has 4 fully saturated rings. The largest absolute Gasteiger partial charge is 0.310 e. The molecule has 0 aromatic carbocycles. The van der Waals surface area contributed by atoms with Gasteiger partial charge in [-0.1, -0.05) is 12.8 Å². The molecule has 1 aliphatic carbocycles. The molecule has 0 aromatic heterocycles. The van der Waals surface area contributed by atoms with Gasteiger partial charge in [-0.15, -0.1) is 0 Å². The topological polar surface area (TPSA) is 18.5 Å². The minimum Gasteiger partial charge on any atom is -0.310 e. The van der Waals surface area contributed by atoms with Crippen LogP contribution in [0.3, 0.4) is 0 Å². The average molecular weight is 291 g/mol. The number of nitrogens with one attached hydrogen (secondary N) is 1. The van der Waals surface area contributed by atoms with Crippen LogP contribution in [-0.2, 0) is 0 Å². The van der Waals surface area contributed by atoms with Crippen LogP contribution in [0, 0.1) is 5.92 Å². The van der Waals surface area contributed by atoms with Crippen LogP contribution in [-0.4, -0.2) is 60.6 Å². The van der Waals surface area contributed by atoms with E-state index in [0.29, 0.717) is 0 Å². The second-order valence-electron chi connectivity index (χ2n) is 8.04. The summed E-state index contributed by atoms with van der Waals surface area (Å²) in [7, 11) is 0. The summed E-state index contributed by atoms with van der Waals surface area (Å²) < 4.78 is 0. The third-order valence-corrected chi connectivity index (χ3v) is 6.63. The van der Waals surface area contributed by atoms with E-state index < -0.39 is 0 Å². The molecule has 0 spiro atoms. The quantitative estimate of drug-likeness (QED) is 0.862. The van der Waals surface area contributed by atoms with Crippen molar-refractivity contribution in [3.05, 3.63) is 0 Å². The van der Waals surface area contributed by atoms with Gasteiger partial charge in [-0.3, -0.25) is 4.90 Å². The minimum atomic E-state index is 0.779. The Morgan fingerprint density at radius 1 is 0.810 bits per heavy atom. The molecule has 3 saturated heterocycles. The van der Waals surface area contributed by atoms with Crippen molar-refractivity contribution in [2.45, 2.75) is 75.9 Å². The first-order chi connectivity index (χ1) is 10.4. The summed E-state index contributed by atoms with van der Waals surface area (Å²) in [5.74, 6) is 1.01. The van der Waals surface area contributed by atoms with Crippen LogP contribution in [0.25, 0.3) is 0 Å². The van der Waals surface area contributed by atoms with Crippen molar-refractivity contribution in [1.29, 1.82) is 0 Å². The molecular formula is C18H33N3. The van der Waals surface area contributed by atoms with Crippen LogP contribution in [0.2, 0.25) is 0 Å². The van der Waals surface area contributed by atoms with Crippen molar-refractivity contribution in [2.75, 3.05) is 32.7 Å². The van der Waals surface area contributed by atoms with Gasteiger partial charge in [-0.25, -0.2) is 0 Å². The zero-order valence-corrected chi connectivity index (χ0v) is 13.6. The van der Waals surface area contributed by atoms with E-state index >= 15 is 0 Å². The monoisotopic (exact) mass is 291 g/mol. The smallest absolute Gasteiger partial charge is 0.0235 e. The minimum absolute atomic E-state index is 0.779. The lowest BCUT2D eigenvalue weighted by molar-refractivity contribution is 0.148. The van der Waals surface area contributed by atoms with Gasteiger partial charge in [0.1, 0.15) is 0 Å². The van der Waals surface area contributed by atoms with E-state index in [1.54, 1.807) is 0 Å². The molecule has 3 heterocycles. The number of piperidine rings is 1. The molecule has 4 rings (SSSR count). The van der Waals surface area contributed by atoms with Gasteiger partial charge in [-0.2, -0.15) is 0 Å². The fourth-order valence-corrected chi connectivity index (χ4v) is 5.41. The van der Waals surface area contributed by atoms with Crippen molar-refractivity contribution in [2.24, 2.45) is 5.92 Å². The summed E-state index contributed by atoms with van der Waals surface area (Å²) >= 11 is 0. The summed E-state index contributed by atoms with van der Waals surface area (Å²) in [4.78, 5) is 5.51. The van der Waals surface area contributed by atoms with E-state index in [9.17, 15) is 0 Å². The number of nitrogens with zero attached hydrogens (tertiary/aromatic N) is 2. The molecule has 1 N–H and O–H groups in total. The molecule has 1 saturated carbocycles. The fourth-order valence-electron chi connectivity index (χ4n) is 5.41. The first kappa shape index (κ1) is 14.5. The second kappa shape index (κ2) is 6.55. The van der Waals surface area contributed by atoms with Gasteiger partial charge in [0, 0.05) is 31.2 Å². The molecular weight excluding hydrogens is 258 g/mol. The van der Waals surface area contributed by atoms with Crippen molar-refractivity contribution < 1.29 is 0 Å². The van der Waals surface area contributed by atoms with Gasteiger partial charge in [0.15, 0.2) is 0 Å². The normalized spacial score (nSPS) is 42.3. The number of fused-ring (bicyclic) bond motifs is 1. The van der Waals surface area contributed by atoms with Gasteiger partial charge in [0.05, 0.1) is 0 Å². The average Bonchev–Trinajstić information content (AvgIpc) is 3.18. The Bertz CT molecular complexity index is 339. The number of rotatable bonds is 3. The van der Waals surface area contributed by atoms with E-state index in [1.807, 2.05) is 0 Å². The molecule has 120 valence electrons. The number of hydrogen-bond donors (Lipinski definition) is 1. The van der Waals surface area contributed by atoms with Crippen LogP contribution in [0.1, 0.15) is 57.8 Å². The maximum atomic E-state index is 4.01. The Hall–Kier alpha value is -0.120. The molecule has 0 bridgehead atoms. The lowest BCUT2D eigenvalue weighted by atomic mass is 9.78. The highest BCUT2D eigenvalue weighted by Crippen LogP contribution is 2.32. The van der Waals surface area contributed by atoms with E-state index in [4.69, 9.17) is 0 Å². The predicted molar refractivity (Wildman–Crippen MR) is 87.6 cm³/mol. The Kier molecular flexibility index (Phi) is 4.52. The van der Waals surface area contributed by atoms with Crippen LogP contribution in [0.15, 0.2) is 0 Å². The highest BCUT2D eigenvalue weighted by Gasteiger charge is 2.34. The van der Waals surface area contributed by atoms with Crippen LogP contribution in [0.4, 0.5) is 0 Å². The van der Waals surface area contributed by atoms with E-state index in [2.05, 4.69) is 15.1 Å². The summed E-state index contributed by atoms with van der Waals surface area (Å²) in [5, 5.41) is 4.01. The standard InChI is InChI=1S/C18H33N3/c1-2-6-18-15(5-1)7-8-16(19-18)13-20-12-9-17(14-20)21-10-3-4-11-21/h15-19H,1-14H2. The molecule has 4 atom stereocenters. The third-order valence-electron chi connectivity index (χ3n) is 6.63. The molecule has 3 aliphatic heterocycles. The molecule has 3 heteroatoms. The van der Waals surface area contributed by atoms with Crippen molar-refractivity contribution in [1.82, 2.24) is 15.1 Å². The number of hydrogen-bond acceptors (Lipinski definition) is 3. The zero-order valence-electron chi connectivity index (χ0n) is 13.6. The lowest BCUT2D eigenvalue weighted by Gasteiger charge is -2.41. The van der Waals surface area contributed by atoms with Crippen molar-refractivity contribution in [3.63, 3.8) is 0 Å². The van der Waals surface area contributed by atoms with Crippen LogP contribution < -0.4 is 5.32 Å². The van der Waals surface area contributed by atoms with Gasteiger partial charge >= 0.3 is 0 Å². The van der Waals surface area contributed by atoms with Gasteiger partial charge in [-0.05, 0) is 70.5 Å². The Morgan fingerprint density at radius 3 is 2.57 bits per heavy atom. The Labute approximate surface area is 130 Å².